The molecule has 0 radical (unpaired) electrons. The molecule has 1 aromatic heterocycles. The zero-order valence-corrected chi connectivity index (χ0v) is 11.7. The molecule has 0 spiro atoms. The second kappa shape index (κ2) is 6.25. The number of nitrogens with two attached hydrogens (primary N) is 1. The van der Waals surface area contributed by atoms with Gasteiger partial charge in [-0.25, -0.2) is 0 Å². The van der Waals surface area contributed by atoms with Gasteiger partial charge >= 0.3 is 0 Å². The van der Waals surface area contributed by atoms with Gasteiger partial charge in [-0.05, 0) is 30.7 Å². The van der Waals surface area contributed by atoms with E-state index in [0.717, 1.165) is 5.56 Å². The van der Waals surface area contributed by atoms with Crippen molar-refractivity contribution >= 4 is 11.6 Å². The first-order valence-corrected chi connectivity index (χ1v) is 6.44. The van der Waals surface area contributed by atoms with Gasteiger partial charge in [-0.2, -0.15) is 0 Å². The fourth-order valence-electron chi connectivity index (χ4n) is 1.93. The Morgan fingerprint density at radius 3 is 2.80 bits per heavy atom. The Hall–Kier alpha value is -2.27. The molecule has 2 aromatic rings. The molecular weight excluding hydrogens is 254 g/mol. The third kappa shape index (κ3) is 3.39. The Morgan fingerprint density at radius 1 is 1.40 bits per heavy atom. The van der Waals surface area contributed by atoms with E-state index in [4.69, 9.17) is 10.5 Å². The van der Waals surface area contributed by atoms with Crippen LogP contribution in [0.3, 0.4) is 0 Å². The third-order valence-corrected chi connectivity index (χ3v) is 3.01. The minimum atomic E-state index is -0.110. The molecule has 1 amide bonds. The molecule has 5 nitrogen and oxygen atoms in total. The van der Waals surface area contributed by atoms with Crippen LogP contribution in [0.25, 0.3) is 0 Å². The fraction of sp³-hybridized carbons (Fsp3) is 0.267. The average Bonchev–Trinajstić information content (AvgIpc) is 2.88. The van der Waals surface area contributed by atoms with Gasteiger partial charge in [-0.1, -0.05) is 12.1 Å². The van der Waals surface area contributed by atoms with Crippen molar-refractivity contribution in [3.05, 3.63) is 48.3 Å². The summed E-state index contributed by atoms with van der Waals surface area (Å²) >= 11 is 0. The third-order valence-electron chi connectivity index (χ3n) is 3.01. The lowest BCUT2D eigenvalue weighted by atomic mass is 10.2. The Balaban J connectivity index is 2.01. The summed E-state index contributed by atoms with van der Waals surface area (Å²) in [7, 11) is 1.58. The number of methoxy groups -OCH3 is 1. The van der Waals surface area contributed by atoms with E-state index in [-0.39, 0.29) is 18.5 Å². The summed E-state index contributed by atoms with van der Waals surface area (Å²) in [4.78, 5) is 12.0. The molecule has 0 bridgehead atoms. The minimum absolute atomic E-state index is 0.0338. The van der Waals surface area contributed by atoms with E-state index in [0.29, 0.717) is 11.4 Å². The van der Waals surface area contributed by atoms with Crippen molar-refractivity contribution in [2.75, 3.05) is 12.4 Å². The molecule has 0 fully saturated rings. The number of nitrogens with zero attached hydrogens (tertiary/aromatic N) is 1. The second-order valence-corrected chi connectivity index (χ2v) is 4.65. The standard InChI is InChI=1S/C15H19N3O2/c1-11(16)12-7-8-18(9-12)10-15(19)17-13-5-3-4-6-14(13)20-2/h3-9,11H,10,16H2,1-2H3,(H,17,19). The van der Waals surface area contributed by atoms with Gasteiger partial charge in [-0.15, -0.1) is 0 Å². The van der Waals surface area contributed by atoms with Crippen LogP contribution >= 0.6 is 0 Å². The molecule has 1 heterocycles. The van der Waals surface area contributed by atoms with Crippen molar-refractivity contribution in [3.63, 3.8) is 0 Å². The predicted molar refractivity (Wildman–Crippen MR) is 78.7 cm³/mol. The van der Waals surface area contributed by atoms with Gasteiger partial charge in [0.05, 0.1) is 12.8 Å². The molecule has 0 aliphatic heterocycles. The highest BCUT2D eigenvalue weighted by Gasteiger charge is 2.08. The molecule has 2 rings (SSSR count). The van der Waals surface area contributed by atoms with E-state index in [2.05, 4.69) is 5.32 Å². The number of carbonyl (C=O) groups is 1. The van der Waals surface area contributed by atoms with Crippen LogP contribution in [-0.2, 0) is 11.3 Å². The van der Waals surface area contributed by atoms with Crippen LogP contribution in [0, 0.1) is 0 Å². The summed E-state index contributed by atoms with van der Waals surface area (Å²) in [6.07, 6.45) is 3.73. The number of anilines is 1. The van der Waals surface area contributed by atoms with Crippen LogP contribution in [-0.4, -0.2) is 17.6 Å². The Labute approximate surface area is 118 Å². The molecule has 106 valence electrons. The van der Waals surface area contributed by atoms with E-state index < -0.39 is 0 Å². The number of hydrogen-bond donors (Lipinski definition) is 2. The van der Waals surface area contributed by atoms with Gasteiger partial charge in [0, 0.05) is 18.4 Å². The number of rotatable bonds is 5. The monoisotopic (exact) mass is 273 g/mol. The van der Waals surface area contributed by atoms with Crippen molar-refractivity contribution < 1.29 is 9.53 Å². The lowest BCUT2D eigenvalue weighted by molar-refractivity contribution is -0.116. The van der Waals surface area contributed by atoms with E-state index in [1.807, 2.05) is 42.1 Å². The highest BCUT2D eigenvalue weighted by atomic mass is 16.5. The summed E-state index contributed by atoms with van der Waals surface area (Å²) in [5.74, 6) is 0.533. The van der Waals surface area contributed by atoms with Crippen molar-refractivity contribution in [1.82, 2.24) is 4.57 Å². The van der Waals surface area contributed by atoms with Crippen LogP contribution in [0.5, 0.6) is 5.75 Å². The van der Waals surface area contributed by atoms with E-state index >= 15 is 0 Å². The minimum Gasteiger partial charge on any atom is -0.495 e. The number of carbonyl (C=O) groups excluding carboxylic acids is 1. The molecule has 0 aliphatic carbocycles. The molecule has 0 saturated heterocycles. The molecule has 0 saturated carbocycles. The summed E-state index contributed by atoms with van der Waals surface area (Å²) in [5, 5.41) is 2.83. The van der Waals surface area contributed by atoms with Crippen LogP contribution in [0.4, 0.5) is 5.69 Å². The maximum absolute atomic E-state index is 12.0. The normalized spacial score (nSPS) is 11.9. The first kappa shape index (κ1) is 14.1. The molecule has 1 unspecified atom stereocenters. The Morgan fingerprint density at radius 2 is 2.15 bits per heavy atom. The summed E-state index contributed by atoms with van der Waals surface area (Å²) in [5.41, 5.74) is 7.46. The molecule has 5 heteroatoms. The summed E-state index contributed by atoms with van der Waals surface area (Å²) < 4.78 is 7.00. The average molecular weight is 273 g/mol. The number of aromatic nitrogens is 1. The SMILES string of the molecule is COc1ccccc1NC(=O)Cn1ccc(C(C)N)c1. The van der Waals surface area contributed by atoms with Crippen LogP contribution in [0.1, 0.15) is 18.5 Å². The number of amides is 1. The molecule has 0 aliphatic rings. The van der Waals surface area contributed by atoms with Crippen LogP contribution < -0.4 is 15.8 Å². The van der Waals surface area contributed by atoms with E-state index in [1.54, 1.807) is 19.2 Å². The second-order valence-electron chi connectivity index (χ2n) is 4.65. The van der Waals surface area contributed by atoms with E-state index in [9.17, 15) is 4.79 Å². The lowest BCUT2D eigenvalue weighted by Crippen LogP contribution is -2.18. The molecule has 1 aromatic carbocycles. The number of para-hydroxylation sites is 2. The topological polar surface area (TPSA) is 69.3 Å². The van der Waals surface area contributed by atoms with Crippen molar-refractivity contribution in [2.24, 2.45) is 5.73 Å². The van der Waals surface area contributed by atoms with Crippen molar-refractivity contribution in [2.45, 2.75) is 19.5 Å². The molecule has 20 heavy (non-hydrogen) atoms. The zero-order valence-electron chi connectivity index (χ0n) is 11.7. The van der Waals surface area contributed by atoms with Gasteiger partial charge in [0.15, 0.2) is 0 Å². The maximum atomic E-state index is 12.0. The van der Waals surface area contributed by atoms with Crippen molar-refractivity contribution in [1.29, 1.82) is 0 Å². The van der Waals surface area contributed by atoms with E-state index in [1.165, 1.54) is 0 Å². The maximum Gasteiger partial charge on any atom is 0.244 e. The Kier molecular flexibility index (Phi) is 4.42. The quantitative estimate of drug-likeness (QED) is 0.877. The first-order chi connectivity index (χ1) is 9.60. The highest BCUT2D eigenvalue weighted by Crippen LogP contribution is 2.22. The summed E-state index contributed by atoms with van der Waals surface area (Å²) in [6.45, 7) is 2.15. The number of nitrogens with one attached hydrogen (secondary N) is 1. The van der Waals surface area contributed by atoms with Gasteiger partial charge in [0.2, 0.25) is 5.91 Å². The van der Waals surface area contributed by atoms with Gasteiger partial charge in [0.1, 0.15) is 12.3 Å². The predicted octanol–water partition coefficient (Wildman–Crippen LogP) is 2.16. The smallest absolute Gasteiger partial charge is 0.244 e. The first-order valence-electron chi connectivity index (χ1n) is 6.44. The molecule has 1 atom stereocenters. The lowest BCUT2D eigenvalue weighted by Gasteiger charge is -2.10. The fourth-order valence-corrected chi connectivity index (χ4v) is 1.93. The van der Waals surface area contributed by atoms with Gasteiger partial charge in [-0.3, -0.25) is 4.79 Å². The Bertz CT molecular complexity index is 590. The van der Waals surface area contributed by atoms with Crippen molar-refractivity contribution in [3.8, 4) is 5.75 Å². The van der Waals surface area contributed by atoms with Gasteiger partial charge < -0.3 is 20.4 Å². The van der Waals surface area contributed by atoms with Crippen LogP contribution in [0.15, 0.2) is 42.7 Å². The van der Waals surface area contributed by atoms with Crippen LogP contribution in [0.2, 0.25) is 0 Å². The van der Waals surface area contributed by atoms with Gasteiger partial charge in [0.25, 0.3) is 0 Å². The molecular formula is C15H19N3O2. The number of ether oxygens (including phenoxy) is 1. The number of hydrogen-bond acceptors (Lipinski definition) is 3. The number of benzene rings is 1. The molecule has 3 N–H and O–H groups in total. The summed E-state index contributed by atoms with van der Waals surface area (Å²) in [6, 6.07) is 9.20. The largest absolute Gasteiger partial charge is 0.495 e. The highest BCUT2D eigenvalue weighted by molar-refractivity contribution is 5.92. The zero-order chi connectivity index (χ0) is 14.5.